The lowest BCUT2D eigenvalue weighted by Crippen LogP contribution is -2.30. The van der Waals surface area contributed by atoms with Gasteiger partial charge in [0.2, 0.25) is 0 Å². The second-order valence-electron chi connectivity index (χ2n) is 6.14. The lowest BCUT2D eigenvalue weighted by molar-refractivity contribution is -0.113. The summed E-state index contributed by atoms with van der Waals surface area (Å²) in [4.78, 5) is 14.5. The topological polar surface area (TPSA) is 77.0 Å². The number of rotatable bonds is 5. The van der Waals surface area contributed by atoms with Crippen molar-refractivity contribution in [3.05, 3.63) is 84.6 Å². The van der Waals surface area contributed by atoms with Crippen LogP contribution in [0.5, 0.6) is 0 Å². The number of hydrogen-bond donors (Lipinski definition) is 0. The van der Waals surface area contributed by atoms with Gasteiger partial charge in [0.25, 0.3) is 5.91 Å². The predicted octanol–water partition coefficient (Wildman–Crippen LogP) is 3.73. The number of para-hydroxylation sites is 1. The molecule has 2 heterocycles. The first-order valence-electron chi connectivity index (χ1n) is 8.77. The SMILES string of the molecule is CN(C(=O)/C(=C/c1ccco1)n1nnnc1-c1ccccc1)c1ccccc1F. The first-order chi connectivity index (χ1) is 14.1. The summed E-state index contributed by atoms with van der Waals surface area (Å²) in [6.45, 7) is 0. The number of furan rings is 1. The molecule has 0 aliphatic heterocycles. The molecule has 0 N–H and O–H groups in total. The first-order valence-corrected chi connectivity index (χ1v) is 8.77. The lowest BCUT2D eigenvalue weighted by atomic mass is 10.2. The summed E-state index contributed by atoms with van der Waals surface area (Å²) in [5.74, 6) is -0.208. The molecular weight excluding hydrogens is 373 g/mol. The molecule has 0 radical (unpaired) electrons. The van der Waals surface area contributed by atoms with Crippen LogP contribution in [0.25, 0.3) is 23.2 Å². The molecule has 0 saturated carbocycles. The highest BCUT2D eigenvalue weighted by molar-refractivity contribution is 6.25. The van der Waals surface area contributed by atoms with Crippen LogP contribution in [-0.2, 0) is 4.79 Å². The van der Waals surface area contributed by atoms with Gasteiger partial charge in [0, 0.05) is 18.7 Å². The zero-order chi connectivity index (χ0) is 20.2. The van der Waals surface area contributed by atoms with E-state index < -0.39 is 11.7 Å². The van der Waals surface area contributed by atoms with Crippen LogP contribution in [0.1, 0.15) is 5.76 Å². The van der Waals surface area contributed by atoms with Crippen LogP contribution in [0, 0.1) is 5.82 Å². The molecule has 0 saturated heterocycles. The number of nitrogens with zero attached hydrogens (tertiary/aromatic N) is 5. The summed E-state index contributed by atoms with van der Waals surface area (Å²) in [6.07, 6.45) is 3.01. The van der Waals surface area contributed by atoms with Gasteiger partial charge in [-0.3, -0.25) is 4.79 Å². The quantitative estimate of drug-likeness (QED) is 0.486. The number of carbonyl (C=O) groups is 1. The Hall–Kier alpha value is -4.07. The van der Waals surface area contributed by atoms with Gasteiger partial charge in [-0.05, 0) is 34.7 Å². The van der Waals surface area contributed by atoms with E-state index in [4.69, 9.17) is 4.42 Å². The van der Waals surface area contributed by atoms with E-state index in [1.54, 1.807) is 24.3 Å². The van der Waals surface area contributed by atoms with Crippen LogP contribution >= 0.6 is 0 Å². The number of tetrazole rings is 1. The van der Waals surface area contributed by atoms with Crippen LogP contribution in [0.15, 0.2) is 77.4 Å². The van der Waals surface area contributed by atoms with E-state index in [0.717, 1.165) is 5.56 Å². The summed E-state index contributed by atoms with van der Waals surface area (Å²) in [5.41, 5.74) is 0.968. The molecule has 2 aromatic carbocycles. The van der Waals surface area contributed by atoms with E-state index in [0.29, 0.717) is 11.6 Å². The van der Waals surface area contributed by atoms with Crippen molar-refractivity contribution in [3.8, 4) is 11.4 Å². The van der Waals surface area contributed by atoms with Crippen molar-refractivity contribution in [1.29, 1.82) is 0 Å². The fourth-order valence-corrected chi connectivity index (χ4v) is 2.84. The molecule has 1 amide bonds. The number of aromatic nitrogens is 4. The third kappa shape index (κ3) is 3.68. The fraction of sp³-hybridized carbons (Fsp3) is 0.0476. The van der Waals surface area contributed by atoms with Crippen LogP contribution in [0.2, 0.25) is 0 Å². The van der Waals surface area contributed by atoms with Gasteiger partial charge in [0.05, 0.1) is 12.0 Å². The minimum Gasteiger partial charge on any atom is -0.465 e. The maximum atomic E-state index is 14.2. The predicted molar refractivity (Wildman–Crippen MR) is 106 cm³/mol. The maximum absolute atomic E-state index is 14.2. The third-order valence-electron chi connectivity index (χ3n) is 4.29. The largest absolute Gasteiger partial charge is 0.465 e. The van der Waals surface area contributed by atoms with E-state index >= 15 is 0 Å². The number of carbonyl (C=O) groups excluding carboxylic acids is 1. The summed E-state index contributed by atoms with van der Waals surface area (Å²) in [7, 11) is 1.49. The van der Waals surface area contributed by atoms with Crippen LogP contribution in [0.3, 0.4) is 0 Å². The Morgan fingerprint density at radius 1 is 1.07 bits per heavy atom. The molecule has 0 aliphatic carbocycles. The average molecular weight is 389 g/mol. The van der Waals surface area contributed by atoms with Gasteiger partial charge in [0.15, 0.2) is 5.82 Å². The summed E-state index contributed by atoms with van der Waals surface area (Å²) >= 11 is 0. The average Bonchev–Trinajstić information content (AvgIpc) is 3.44. The first kappa shape index (κ1) is 18.3. The van der Waals surface area contributed by atoms with Crippen molar-refractivity contribution < 1.29 is 13.6 Å². The van der Waals surface area contributed by atoms with E-state index in [-0.39, 0.29) is 11.4 Å². The highest BCUT2D eigenvalue weighted by Crippen LogP contribution is 2.25. The van der Waals surface area contributed by atoms with Gasteiger partial charge in [-0.15, -0.1) is 5.10 Å². The zero-order valence-electron chi connectivity index (χ0n) is 15.4. The summed E-state index contributed by atoms with van der Waals surface area (Å²) < 4.78 is 20.9. The van der Waals surface area contributed by atoms with Crippen molar-refractivity contribution in [3.63, 3.8) is 0 Å². The summed E-state index contributed by atoms with van der Waals surface area (Å²) in [6, 6.07) is 18.7. The van der Waals surface area contributed by atoms with Crippen molar-refractivity contribution in [2.75, 3.05) is 11.9 Å². The van der Waals surface area contributed by atoms with Crippen molar-refractivity contribution in [2.24, 2.45) is 0 Å². The Bertz CT molecular complexity index is 1150. The maximum Gasteiger partial charge on any atom is 0.277 e. The molecule has 0 spiro atoms. The van der Waals surface area contributed by atoms with Crippen LogP contribution in [0.4, 0.5) is 10.1 Å². The van der Waals surface area contributed by atoms with Crippen molar-refractivity contribution >= 4 is 23.4 Å². The normalized spacial score (nSPS) is 11.4. The van der Waals surface area contributed by atoms with Gasteiger partial charge in [-0.25, -0.2) is 4.39 Å². The highest BCUT2D eigenvalue weighted by Gasteiger charge is 2.24. The molecule has 29 heavy (non-hydrogen) atoms. The Labute approximate surface area is 165 Å². The molecule has 4 rings (SSSR count). The molecule has 4 aromatic rings. The second kappa shape index (κ2) is 7.89. The number of halogens is 1. The van der Waals surface area contributed by atoms with Crippen molar-refractivity contribution in [1.82, 2.24) is 20.2 Å². The summed E-state index contributed by atoms with van der Waals surface area (Å²) in [5, 5.41) is 11.8. The molecule has 0 atom stereocenters. The van der Waals surface area contributed by atoms with Gasteiger partial charge >= 0.3 is 0 Å². The van der Waals surface area contributed by atoms with E-state index in [2.05, 4.69) is 15.5 Å². The van der Waals surface area contributed by atoms with Gasteiger partial charge < -0.3 is 9.32 Å². The van der Waals surface area contributed by atoms with Gasteiger partial charge in [-0.2, -0.15) is 4.68 Å². The van der Waals surface area contributed by atoms with Crippen LogP contribution < -0.4 is 4.90 Å². The number of hydrogen-bond acceptors (Lipinski definition) is 5. The molecule has 0 fully saturated rings. The number of amides is 1. The molecule has 2 aromatic heterocycles. The lowest BCUT2D eigenvalue weighted by Gasteiger charge is -2.20. The molecular formula is C21H16FN5O2. The Morgan fingerprint density at radius 3 is 2.55 bits per heavy atom. The Balaban J connectivity index is 1.82. The fourth-order valence-electron chi connectivity index (χ4n) is 2.84. The Morgan fingerprint density at radius 2 is 1.83 bits per heavy atom. The standard InChI is InChI=1S/C21H16FN5O2/c1-26(18-12-6-5-11-17(18)22)21(28)19(14-16-10-7-13-29-16)27-20(23-24-25-27)15-8-3-2-4-9-15/h2-14H,1H3/b19-14-. The third-order valence-corrected chi connectivity index (χ3v) is 4.29. The van der Waals surface area contributed by atoms with Crippen LogP contribution in [-0.4, -0.2) is 33.2 Å². The molecule has 0 bridgehead atoms. The molecule has 7 nitrogen and oxygen atoms in total. The number of likely N-dealkylation sites (N-methyl/N-ethyl adjacent to an activating group) is 1. The van der Waals surface area contributed by atoms with Gasteiger partial charge in [-0.1, -0.05) is 42.5 Å². The molecule has 8 heteroatoms. The number of anilines is 1. The Kier molecular flexibility index (Phi) is 4.98. The van der Waals surface area contributed by atoms with E-state index in [1.807, 2.05) is 30.3 Å². The minimum absolute atomic E-state index is 0.106. The number of benzene rings is 2. The highest BCUT2D eigenvalue weighted by atomic mass is 19.1. The van der Waals surface area contributed by atoms with E-state index in [1.165, 1.54) is 41.1 Å². The van der Waals surface area contributed by atoms with Gasteiger partial charge in [0.1, 0.15) is 17.3 Å². The smallest absolute Gasteiger partial charge is 0.277 e. The minimum atomic E-state index is -0.513. The second-order valence-corrected chi connectivity index (χ2v) is 6.14. The zero-order valence-corrected chi connectivity index (χ0v) is 15.4. The van der Waals surface area contributed by atoms with E-state index in [9.17, 15) is 9.18 Å². The molecule has 0 aliphatic rings. The molecule has 0 unspecified atom stereocenters. The van der Waals surface area contributed by atoms with Crippen molar-refractivity contribution in [2.45, 2.75) is 0 Å². The molecule has 144 valence electrons. The monoisotopic (exact) mass is 389 g/mol.